The zero-order chi connectivity index (χ0) is 18.3. The van der Waals surface area contributed by atoms with Crippen LogP contribution in [0, 0.1) is 17.1 Å². The second-order valence-corrected chi connectivity index (χ2v) is 6.82. The molecular weight excluding hydrogens is 337 g/mol. The van der Waals surface area contributed by atoms with Gasteiger partial charge in [-0.3, -0.25) is 9.69 Å². The predicted octanol–water partition coefficient (Wildman–Crippen LogP) is 2.09. The van der Waals surface area contributed by atoms with E-state index in [1.165, 1.54) is 12.1 Å². The molecule has 1 amide bonds. The molecule has 0 bridgehead atoms. The maximum absolute atomic E-state index is 13.5. The fourth-order valence-electron chi connectivity index (χ4n) is 3.14. The maximum atomic E-state index is 13.5. The van der Waals surface area contributed by atoms with E-state index in [0.29, 0.717) is 37.0 Å². The van der Waals surface area contributed by atoms with Gasteiger partial charge in [-0.15, -0.1) is 0 Å². The highest BCUT2D eigenvalue weighted by Gasteiger charge is 2.35. The lowest BCUT2D eigenvalue weighted by atomic mass is 10.1. The molecule has 8 heteroatoms. The Bertz CT molecular complexity index is 886. The van der Waals surface area contributed by atoms with Crippen molar-refractivity contribution in [2.24, 2.45) is 0 Å². The van der Waals surface area contributed by atoms with E-state index in [-0.39, 0.29) is 17.5 Å². The minimum Gasteiger partial charge on any atom is -0.338 e. The third-order valence-electron chi connectivity index (χ3n) is 4.95. The number of benzene rings is 1. The number of likely N-dealkylation sites (N-methyl/N-ethyl adjacent to an activating group) is 1. The first-order chi connectivity index (χ1) is 12.6. The first-order valence-corrected chi connectivity index (χ1v) is 8.59. The Balaban J connectivity index is 1.53. The lowest BCUT2D eigenvalue weighted by Crippen LogP contribution is -2.49. The second kappa shape index (κ2) is 6.50. The Morgan fingerprint density at radius 1 is 1.38 bits per heavy atom. The monoisotopic (exact) mass is 355 g/mol. The fourth-order valence-corrected chi connectivity index (χ4v) is 3.14. The minimum absolute atomic E-state index is 0.132. The highest BCUT2D eigenvalue weighted by molar-refractivity contribution is 5.94. The van der Waals surface area contributed by atoms with Crippen molar-refractivity contribution in [3.63, 3.8) is 0 Å². The van der Waals surface area contributed by atoms with Crippen LogP contribution in [-0.2, 0) is 0 Å². The van der Waals surface area contributed by atoms with Gasteiger partial charge in [0.25, 0.3) is 5.91 Å². The highest BCUT2D eigenvalue weighted by Crippen LogP contribution is 2.38. The fraction of sp³-hybridized carbons (Fsp3) is 0.444. The zero-order valence-corrected chi connectivity index (χ0v) is 14.4. The molecule has 2 heterocycles. The molecule has 1 aromatic carbocycles. The summed E-state index contributed by atoms with van der Waals surface area (Å²) in [6, 6.07) is 5.44. The molecule has 1 saturated heterocycles. The number of halogens is 1. The van der Waals surface area contributed by atoms with Gasteiger partial charge in [0, 0.05) is 31.1 Å². The minimum atomic E-state index is -0.626. The summed E-state index contributed by atoms with van der Waals surface area (Å²) in [4.78, 5) is 21.1. The van der Waals surface area contributed by atoms with E-state index in [0.717, 1.165) is 24.7 Å². The molecule has 2 aromatic rings. The van der Waals surface area contributed by atoms with Gasteiger partial charge in [-0.05, 0) is 38.1 Å². The summed E-state index contributed by atoms with van der Waals surface area (Å²) in [5.74, 6) is 0.806. The Morgan fingerprint density at radius 2 is 2.19 bits per heavy atom. The van der Waals surface area contributed by atoms with Crippen LogP contribution in [-0.4, -0.2) is 52.5 Å². The van der Waals surface area contributed by atoms with E-state index in [4.69, 9.17) is 9.78 Å². The van der Waals surface area contributed by atoms with E-state index in [1.54, 1.807) is 11.0 Å². The molecule has 0 spiro atoms. The Labute approximate surface area is 150 Å². The molecule has 1 aliphatic heterocycles. The van der Waals surface area contributed by atoms with Crippen LogP contribution in [0.3, 0.4) is 0 Å². The van der Waals surface area contributed by atoms with Crippen LogP contribution in [0.4, 0.5) is 4.39 Å². The van der Waals surface area contributed by atoms with Crippen molar-refractivity contribution in [1.82, 2.24) is 19.9 Å². The topological polar surface area (TPSA) is 86.3 Å². The maximum Gasteiger partial charge on any atom is 0.254 e. The van der Waals surface area contributed by atoms with Crippen molar-refractivity contribution in [3.8, 4) is 6.07 Å². The number of amides is 1. The van der Waals surface area contributed by atoms with Crippen LogP contribution >= 0.6 is 0 Å². The van der Waals surface area contributed by atoms with Gasteiger partial charge in [0.15, 0.2) is 5.82 Å². The van der Waals surface area contributed by atoms with Gasteiger partial charge < -0.3 is 9.42 Å². The molecular formula is C18H18FN5O2. The number of nitriles is 1. The Kier molecular flexibility index (Phi) is 4.17. The van der Waals surface area contributed by atoms with Crippen molar-refractivity contribution in [2.75, 3.05) is 26.7 Å². The van der Waals surface area contributed by atoms with Gasteiger partial charge in [-0.2, -0.15) is 10.2 Å². The molecule has 2 aliphatic rings. The van der Waals surface area contributed by atoms with Crippen molar-refractivity contribution in [1.29, 1.82) is 5.26 Å². The molecule has 1 aliphatic carbocycles. The SMILES string of the molecule is CN1CCN(C(=O)c2ccc(F)c(C#N)c2)C[C@@H]1c1nc(C2CC2)no1. The van der Waals surface area contributed by atoms with Gasteiger partial charge in [-0.1, -0.05) is 5.16 Å². The summed E-state index contributed by atoms with van der Waals surface area (Å²) in [5, 5.41) is 13.0. The number of aromatic nitrogens is 2. The summed E-state index contributed by atoms with van der Waals surface area (Å²) < 4.78 is 18.9. The third-order valence-corrected chi connectivity index (χ3v) is 4.95. The average molecular weight is 355 g/mol. The molecule has 134 valence electrons. The van der Waals surface area contributed by atoms with Crippen LogP contribution in [0.15, 0.2) is 22.7 Å². The molecule has 0 unspecified atom stereocenters. The number of hydrogen-bond donors (Lipinski definition) is 0. The molecule has 7 nitrogen and oxygen atoms in total. The van der Waals surface area contributed by atoms with Crippen LogP contribution in [0.5, 0.6) is 0 Å². The largest absolute Gasteiger partial charge is 0.338 e. The molecule has 0 radical (unpaired) electrons. The van der Waals surface area contributed by atoms with Gasteiger partial charge in [-0.25, -0.2) is 4.39 Å². The van der Waals surface area contributed by atoms with Crippen molar-refractivity contribution < 1.29 is 13.7 Å². The average Bonchev–Trinajstić information content (AvgIpc) is 3.39. The van der Waals surface area contributed by atoms with Crippen LogP contribution in [0.25, 0.3) is 0 Å². The first-order valence-electron chi connectivity index (χ1n) is 8.59. The van der Waals surface area contributed by atoms with Crippen LogP contribution in [0.2, 0.25) is 0 Å². The molecule has 1 atom stereocenters. The van der Waals surface area contributed by atoms with Crippen molar-refractivity contribution >= 4 is 5.91 Å². The molecule has 0 N–H and O–H groups in total. The van der Waals surface area contributed by atoms with Gasteiger partial charge in [0.05, 0.1) is 5.56 Å². The first kappa shape index (κ1) is 16.7. The molecule has 4 rings (SSSR count). The van der Waals surface area contributed by atoms with E-state index in [2.05, 4.69) is 15.0 Å². The normalized spacial score (nSPS) is 20.8. The number of rotatable bonds is 3. The second-order valence-electron chi connectivity index (χ2n) is 6.82. The number of piperazine rings is 1. The standard InChI is InChI=1S/C18H18FN5O2/c1-23-6-7-24(18(25)12-4-5-14(19)13(8-12)9-20)10-15(23)17-21-16(22-26-17)11-2-3-11/h4-5,8,11,15H,2-3,6-7,10H2,1H3/t15-/m1/s1. The molecule has 1 saturated carbocycles. The lowest BCUT2D eigenvalue weighted by Gasteiger charge is -2.37. The Morgan fingerprint density at radius 3 is 2.92 bits per heavy atom. The zero-order valence-electron chi connectivity index (χ0n) is 14.4. The van der Waals surface area contributed by atoms with E-state index < -0.39 is 5.82 Å². The smallest absolute Gasteiger partial charge is 0.254 e. The summed E-state index contributed by atoms with van der Waals surface area (Å²) in [5.41, 5.74) is 0.169. The van der Waals surface area contributed by atoms with E-state index >= 15 is 0 Å². The predicted molar refractivity (Wildman–Crippen MR) is 88.7 cm³/mol. The summed E-state index contributed by atoms with van der Waals surface area (Å²) in [6.07, 6.45) is 2.19. The van der Waals surface area contributed by atoms with E-state index in [1.807, 2.05) is 7.05 Å². The number of carbonyl (C=O) groups is 1. The summed E-state index contributed by atoms with van der Waals surface area (Å²) in [6.45, 7) is 1.60. The van der Waals surface area contributed by atoms with Gasteiger partial charge >= 0.3 is 0 Å². The van der Waals surface area contributed by atoms with Crippen LogP contribution < -0.4 is 0 Å². The molecule has 2 fully saturated rings. The van der Waals surface area contributed by atoms with Crippen molar-refractivity contribution in [3.05, 3.63) is 46.9 Å². The quantitative estimate of drug-likeness (QED) is 0.838. The Hall–Kier alpha value is -2.79. The number of hydrogen-bond acceptors (Lipinski definition) is 6. The van der Waals surface area contributed by atoms with Crippen LogP contribution in [0.1, 0.15) is 52.4 Å². The van der Waals surface area contributed by atoms with E-state index in [9.17, 15) is 9.18 Å². The van der Waals surface area contributed by atoms with Crippen molar-refractivity contribution in [2.45, 2.75) is 24.8 Å². The number of carbonyl (C=O) groups excluding carboxylic acids is 1. The third kappa shape index (κ3) is 3.06. The highest BCUT2D eigenvalue weighted by atomic mass is 19.1. The number of nitrogens with zero attached hydrogens (tertiary/aromatic N) is 5. The summed E-state index contributed by atoms with van der Waals surface area (Å²) in [7, 11) is 1.96. The summed E-state index contributed by atoms with van der Waals surface area (Å²) >= 11 is 0. The molecule has 1 aromatic heterocycles. The lowest BCUT2D eigenvalue weighted by molar-refractivity contribution is 0.0489. The molecule has 26 heavy (non-hydrogen) atoms. The van der Waals surface area contributed by atoms with Gasteiger partial charge in [0.1, 0.15) is 17.9 Å². The van der Waals surface area contributed by atoms with Gasteiger partial charge in [0.2, 0.25) is 5.89 Å².